The Bertz CT molecular complexity index is 1480. The SMILES string of the molecule is Cn1cc(C(=O)c2ccnc(N3CCC(n4c(=O)[nH]c5ncccc54)CC3)c2)c2c1C=CCC2. The van der Waals surface area contributed by atoms with Crippen molar-refractivity contribution in [3.05, 3.63) is 81.8 Å². The lowest BCUT2D eigenvalue weighted by atomic mass is 9.95. The summed E-state index contributed by atoms with van der Waals surface area (Å²) >= 11 is 0. The van der Waals surface area contributed by atoms with Gasteiger partial charge in [0.05, 0.1) is 5.52 Å². The largest absolute Gasteiger partial charge is 0.356 e. The Kier molecular flexibility index (Phi) is 4.94. The highest BCUT2D eigenvalue weighted by Crippen LogP contribution is 2.29. The van der Waals surface area contributed by atoms with Crippen LogP contribution >= 0.6 is 0 Å². The Hall–Kier alpha value is -3.94. The van der Waals surface area contributed by atoms with Gasteiger partial charge in [0.2, 0.25) is 0 Å². The van der Waals surface area contributed by atoms with E-state index in [1.54, 1.807) is 18.5 Å². The molecule has 34 heavy (non-hydrogen) atoms. The number of piperidine rings is 1. The molecule has 0 saturated carbocycles. The number of nitrogens with one attached hydrogen (secondary N) is 1. The van der Waals surface area contributed by atoms with Gasteiger partial charge in [-0.3, -0.25) is 14.3 Å². The van der Waals surface area contributed by atoms with E-state index in [0.717, 1.165) is 66.9 Å². The highest BCUT2D eigenvalue weighted by atomic mass is 16.1. The number of anilines is 1. The lowest BCUT2D eigenvalue weighted by Crippen LogP contribution is -2.37. The van der Waals surface area contributed by atoms with Gasteiger partial charge >= 0.3 is 5.69 Å². The highest BCUT2D eigenvalue weighted by Gasteiger charge is 2.26. The number of aryl methyl sites for hydroxylation is 1. The van der Waals surface area contributed by atoms with Crippen LogP contribution in [0.25, 0.3) is 17.2 Å². The molecular weight excluding hydrogens is 428 g/mol. The van der Waals surface area contributed by atoms with Gasteiger partial charge in [0.1, 0.15) is 5.82 Å². The van der Waals surface area contributed by atoms with Gasteiger partial charge in [-0.2, -0.15) is 0 Å². The van der Waals surface area contributed by atoms with Crippen LogP contribution in [0, 0.1) is 0 Å². The van der Waals surface area contributed by atoms with Gasteiger partial charge in [0.15, 0.2) is 11.4 Å². The number of pyridine rings is 2. The lowest BCUT2D eigenvalue weighted by molar-refractivity contribution is 0.103. The summed E-state index contributed by atoms with van der Waals surface area (Å²) in [5.41, 5.74) is 5.05. The number of hydrogen-bond acceptors (Lipinski definition) is 5. The quantitative estimate of drug-likeness (QED) is 0.477. The molecule has 5 heterocycles. The smallest absolute Gasteiger partial charge is 0.327 e. The van der Waals surface area contributed by atoms with Gasteiger partial charge in [0.25, 0.3) is 0 Å². The second-order valence-corrected chi connectivity index (χ2v) is 9.08. The van der Waals surface area contributed by atoms with Crippen molar-refractivity contribution in [2.45, 2.75) is 31.7 Å². The van der Waals surface area contributed by atoms with Crippen molar-refractivity contribution in [3.63, 3.8) is 0 Å². The maximum atomic E-state index is 13.4. The number of rotatable bonds is 4. The fourth-order valence-electron chi connectivity index (χ4n) is 5.35. The van der Waals surface area contributed by atoms with Crippen molar-refractivity contribution in [1.82, 2.24) is 24.1 Å². The molecule has 1 N–H and O–H groups in total. The molecule has 1 aliphatic carbocycles. The zero-order chi connectivity index (χ0) is 23.2. The van der Waals surface area contributed by atoms with Crippen molar-refractivity contribution >= 4 is 28.8 Å². The first-order valence-electron chi connectivity index (χ1n) is 11.8. The predicted octanol–water partition coefficient (Wildman–Crippen LogP) is 3.49. The summed E-state index contributed by atoms with van der Waals surface area (Å²) in [6.07, 6.45) is 13.1. The minimum Gasteiger partial charge on any atom is -0.356 e. The van der Waals surface area contributed by atoms with Crippen molar-refractivity contribution in [2.24, 2.45) is 7.05 Å². The molecule has 0 bridgehead atoms. The zero-order valence-electron chi connectivity index (χ0n) is 19.1. The van der Waals surface area contributed by atoms with E-state index in [9.17, 15) is 9.59 Å². The number of allylic oxidation sites excluding steroid dienone is 1. The van der Waals surface area contributed by atoms with E-state index in [0.29, 0.717) is 11.2 Å². The minimum atomic E-state index is -0.112. The van der Waals surface area contributed by atoms with Crippen LogP contribution < -0.4 is 10.6 Å². The molecule has 0 radical (unpaired) electrons. The Morgan fingerprint density at radius 1 is 1.15 bits per heavy atom. The molecule has 4 aromatic rings. The highest BCUT2D eigenvalue weighted by molar-refractivity contribution is 6.10. The van der Waals surface area contributed by atoms with Crippen LogP contribution in [0.2, 0.25) is 0 Å². The average molecular weight is 455 g/mol. The number of H-pyrrole nitrogens is 1. The molecule has 172 valence electrons. The summed E-state index contributed by atoms with van der Waals surface area (Å²) < 4.78 is 3.87. The van der Waals surface area contributed by atoms with Crippen molar-refractivity contribution in [2.75, 3.05) is 18.0 Å². The van der Waals surface area contributed by atoms with Crippen molar-refractivity contribution in [3.8, 4) is 0 Å². The average Bonchev–Trinajstić information content (AvgIpc) is 3.40. The number of fused-ring (bicyclic) bond motifs is 2. The van der Waals surface area contributed by atoms with Crippen LogP contribution in [-0.2, 0) is 13.5 Å². The van der Waals surface area contributed by atoms with Gasteiger partial charge in [-0.25, -0.2) is 14.8 Å². The third kappa shape index (κ3) is 3.37. The fourth-order valence-corrected chi connectivity index (χ4v) is 5.35. The number of carbonyl (C=O) groups excluding carboxylic acids is 1. The van der Waals surface area contributed by atoms with E-state index >= 15 is 0 Å². The van der Waals surface area contributed by atoms with Gasteiger partial charge < -0.3 is 9.47 Å². The number of carbonyl (C=O) groups is 1. The molecular formula is C26H26N6O2. The van der Waals surface area contributed by atoms with Crippen molar-refractivity contribution < 1.29 is 4.79 Å². The maximum absolute atomic E-state index is 13.4. The first-order valence-corrected chi connectivity index (χ1v) is 11.8. The summed E-state index contributed by atoms with van der Waals surface area (Å²) in [6.45, 7) is 1.53. The summed E-state index contributed by atoms with van der Waals surface area (Å²) in [5, 5.41) is 0. The summed E-state index contributed by atoms with van der Waals surface area (Å²) in [6, 6.07) is 7.60. The number of aromatic amines is 1. The van der Waals surface area contributed by atoms with E-state index in [1.807, 2.05) is 40.6 Å². The molecule has 0 atom stereocenters. The second-order valence-electron chi connectivity index (χ2n) is 9.08. The second kappa shape index (κ2) is 8.13. The minimum absolute atomic E-state index is 0.0449. The van der Waals surface area contributed by atoms with Crippen LogP contribution in [0.15, 0.2) is 53.7 Å². The van der Waals surface area contributed by atoms with E-state index < -0.39 is 0 Å². The van der Waals surface area contributed by atoms with Gasteiger partial charge in [0, 0.05) is 61.6 Å². The number of imidazole rings is 1. The van der Waals surface area contributed by atoms with Crippen LogP contribution in [0.3, 0.4) is 0 Å². The Balaban J connectivity index is 1.22. The summed E-state index contributed by atoms with van der Waals surface area (Å²) in [7, 11) is 1.99. The lowest BCUT2D eigenvalue weighted by Gasteiger charge is -2.33. The number of nitrogens with zero attached hydrogens (tertiary/aromatic N) is 5. The van der Waals surface area contributed by atoms with Crippen LogP contribution in [0.1, 0.15) is 52.5 Å². The van der Waals surface area contributed by atoms with E-state index in [-0.39, 0.29) is 17.5 Å². The molecule has 8 heteroatoms. The first kappa shape index (κ1) is 20.7. The topological polar surface area (TPSA) is 88.8 Å². The zero-order valence-corrected chi connectivity index (χ0v) is 19.1. The molecule has 0 spiro atoms. The number of ketones is 1. The predicted molar refractivity (Wildman–Crippen MR) is 131 cm³/mol. The molecule has 0 amide bonds. The Morgan fingerprint density at radius 3 is 2.85 bits per heavy atom. The molecule has 1 aliphatic heterocycles. The standard InChI is InChI=1S/C26H26N6O2/c1-30-16-20(19-5-2-3-6-21(19)30)24(33)17-8-12-27-23(15-17)31-13-9-18(10-14-31)32-22-7-4-11-28-25(22)29-26(32)34/h3-4,6-8,11-12,15-16,18H,2,5,9-10,13-14H2,1H3,(H,28,29,34). The number of aromatic nitrogens is 5. The van der Waals surface area contributed by atoms with Gasteiger partial charge in [-0.05, 0) is 61.6 Å². The molecule has 1 fully saturated rings. The van der Waals surface area contributed by atoms with E-state index in [2.05, 4.69) is 32.0 Å². The van der Waals surface area contributed by atoms with Gasteiger partial charge in [-0.1, -0.05) is 6.08 Å². The normalized spacial score (nSPS) is 16.2. The first-order chi connectivity index (χ1) is 16.6. The summed E-state index contributed by atoms with van der Waals surface area (Å²) in [4.78, 5) is 39.8. The summed E-state index contributed by atoms with van der Waals surface area (Å²) in [5.74, 6) is 0.852. The molecule has 0 aromatic carbocycles. The monoisotopic (exact) mass is 454 g/mol. The molecule has 1 saturated heterocycles. The molecule has 0 unspecified atom stereocenters. The van der Waals surface area contributed by atoms with E-state index in [1.165, 1.54) is 0 Å². The van der Waals surface area contributed by atoms with Crippen LogP contribution in [0.4, 0.5) is 5.82 Å². The van der Waals surface area contributed by atoms with Crippen LogP contribution in [0.5, 0.6) is 0 Å². The fraction of sp³-hybridized carbons (Fsp3) is 0.308. The molecule has 4 aromatic heterocycles. The molecule has 6 rings (SSSR count). The Labute approximate surface area is 196 Å². The van der Waals surface area contributed by atoms with Crippen LogP contribution in [-0.4, -0.2) is 43.0 Å². The number of hydrogen-bond donors (Lipinski definition) is 1. The Morgan fingerprint density at radius 2 is 2.00 bits per heavy atom. The third-order valence-electron chi connectivity index (χ3n) is 7.07. The molecule has 2 aliphatic rings. The molecule has 8 nitrogen and oxygen atoms in total. The van der Waals surface area contributed by atoms with E-state index in [4.69, 9.17) is 0 Å². The maximum Gasteiger partial charge on any atom is 0.327 e. The van der Waals surface area contributed by atoms with Crippen molar-refractivity contribution in [1.29, 1.82) is 0 Å². The van der Waals surface area contributed by atoms with Gasteiger partial charge in [-0.15, -0.1) is 0 Å². The third-order valence-corrected chi connectivity index (χ3v) is 7.07.